The molecule has 0 saturated heterocycles. The molecule has 0 fully saturated rings. The highest BCUT2D eigenvalue weighted by atomic mass is 15.2. The number of aryl methyl sites for hydroxylation is 1. The molecule has 0 N–H and O–H groups in total. The van der Waals surface area contributed by atoms with E-state index in [2.05, 4.69) is 87.2 Å². The highest BCUT2D eigenvalue weighted by Gasteiger charge is 2.13. The van der Waals surface area contributed by atoms with Crippen LogP contribution in [0, 0.1) is 0 Å². The molecule has 0 aliphatic carbocycles. The fourth-order valence-corrected chi connectivity index (χ4v) is 3.20. The van der Waals surface area contributed by atoms with E-state index in [0.29, 0.717) is 12.1 Å². The van der Waals surface area contributed by atoms with Crippen LogP contribution in [0.15, 0.2) is 54.6 Å². The molecule has 0 atom stereocenters. The van der Waals surface area contributed by atoms with E-state index in [1.54, 1.807) is 0 Å². The lowest BCUT2D eigenvalue weighted by Gasteiger charge is -2.30. The molecule has 2 aromatic carbocycles. The lowest BCUT2D eigenvalue weighted by atomic mass is 9.96. The first kappa shape index (κ1) is 16.8. The Labute approximate surface area is 136 Å². The van der Waals surface area contributed by atoms with E-state index in [9.17, 15) is 0 Å². The lowest BCUT2D eigenvalue weighted by Crippen LogP contribution is -2.37. The van der Waals surface area contributed by atoms with Gasteiger partial charge in [0.15, 0.2) is 0 Å². The fraction of sp³-hybridized carbons (Fsp3) is 0.429. The second kappa shape index (κ2) is 8.14. The van der Waals surface area contributed by atoms with Crippen molar-refractivity contribution in [2.24, 2.45) is 0 Å². The Bertz CT molecular complexity index is 549. The molecule has 22 heavy (non-hydrogen) atoms. The SMILES string of the molecule is CC(C)N(CCCc1ccccc1-c1ccccc1)C(C)C. The second-order valence-electron chi connectivity index (χ2n) is 6.55. The molecule has 1 heteroatoms. The first-order valence-corrected chi connectivity index (χ1v) is 8.48. The van der Waals surface area contributed by atoms with Gasteiger partial charge in [0.1, 0.15) is 0 Å². The van der Waals surface area contributed by atoms with E-state index in [0.717, 1.165) is 6.42 Å². The molecule has 0 spiro atoms. The largest absolute Gasteiger partial charge is 0.299 e. The van der Waals surface area contributed by atoms with Gasteiger partial charge in [-0.15, -0.1) is 0 Å². The van der Waals surface area contributed by atoms with Gasteiger partial charge in [0.25, 0.3) is 0 Å². The van der Waals surface area contributed by atoms with Crippen molar-refractivity contribution in [1.29, 1.82) is 0 Å². The molecule has 0 unspecified atom stereocenters. The standard InChI is InChI=1S/C21H29N/c1-17(2)22(18(3)4)16-10-14-20-13-8-9-15-21(20)19-11-6-5-7-12-19/h5-9,11-13,15,17-18H,10,14,16H2,1-4H3. The lowest BCUT2D eigenvalue weighted by molar-refractivity contribution is 0.173. The third-order valence-electron chi connectivity index (χ3n) is 4.29. The average molecular weight is 295 g/mol. The van der Waals surface area contributed by atoms with Crippen molar-refractivity contribution in [2.75, 3.05) is 6.54 Å². The van der Waals surface area contributed by atoms with E-state index in [4.69, 9.17) is 0 Å². The van der Waals surface area contributed by atoms with Crippen LogP contribution in [0.25, 0.3) is 11.1 Å². The monoisotopic (exact) mass is 295 g/mol. The maximum atomic E-state index is 2.57. The minimum Gasteiger partial charge on any atom is -0.299 e. The molecule has 2 aromatic rings. The van der Waals surface area contributed by atoms with Crippen LogP contribution in [-0.2, 0) is 6.42 Å². The van der Waals surface area contributed by atoms with Gasteiger partial charge in [-0.3, -0.25) is 4.90 Å². The Morgan fingerprint density at radius 1 is 0.773 bits per heavy atom. The average Bonchev–Trinajstić information content (AvgIpc) is 2.52. The fourth-order valence-electron chi connectivity index (χ4n) is 3.20. The summed E-state index contributed by atoms with van der Waals surface area (Å²) in [5.41, 5.74) is 4.16. The molecule has 0 heterocycles. The normalized spacial score (nSPS) is 11.6. The minimum atomic E-state index is 0.615. The Morgan fingerprint density at radius 3 is 2.00 bits per heavy atom. The summed E-state index contributed by atoms with van der Waals surface area (Å²) in [6.07, 6.45) is 2.35. The summed E-state index contributed by atoms with van der Waals surface area (Å²) in [7, 11) is 0. The summed E-state index contributed by atoms with van der Waals surface area (Å²) in [5.74, 6) is 0. The van der Waals surface area contributed by atoms with Gasteiger partial charge in [-0.05, 0) is 63.8 Å². The van der Waals surface area contributed by atoms with Crippen molar-refractivity contribution in [3.8, 4) is 11.1 Å². The zero-order valence-corrected chi connectivity index (χ0v) is 14.4. The summed E-state index contributed by atoms with van der Waals surface area (Å²) in [6.45, 7) is 10.3. The third kappa shape index (κ3) is 4.45. The summed E-state index contributed by atoms with van der Waals surface area (Å²) < 4.78 is 0. The molecule has 0 amide bonds. The van der Waals surface area contributed by atoms with Crippen LogP contribution in [0.3, 0.4) is 0 Å². The van der Waals surface area contributed by atoms with Gasteiger partial charge >= 0.3 is 0 Å². The molecule has 1 nitrogen and oxygen atoms in total. The summed E-state index contributed by atoms with van der Waals surface area (Å²) in [6, 6.07) is 20.8. The predicted molar refractivity (Wildman–Crippen MR) is 97.2 cm³/mol. The van der Waals surface area contributed by atoms with Gasteiger partial charge < -0.3 is 0 Å². The summed E-state index contributed by atoms with van der Waals surface area (Å²) >= 11 is 0. The number of nitrogens with zero attached hydrogens (tertiary/aromatic N) is 1. The van der Waals surface area contributed by atoms with Crippen LogP contribution in [0.5, 0.6) is 0 Å². The third-order valence-corrected chi connectivity index (χ3v) is 4.29. The molecule has 2 rings (SSSR count). The topological polar surface area (TPSA) is 3.24 Å². The predicted octanol–water partition coefficient (Wildman–Crippen LogP) is 5.41. The maximum Gasteiger partial charge on any atom is 0.00412 e. The Hall–Kier alpha value is -1.60. The molecule has 0 aliphatic rings. The molecule has 118 valence electrons. The Morgan fingerprint density at radius 2 is 1.36 bits per heavy atom. The van der Waals surface area contributed by atoms with Gasteiger partial charge in [0.05, 0.1) is 0 Å². The summed E-state index contributed by atoms with van der Waals surface area (Å²) in [4.78, 5) is 2.57. The molecule has 0 bridgehead atoms. The van der Waals surface area contributed by atoms with E-state index >= 15 is 0 Å². The maximum absolute atomic E-state index is 2.57. The van der Waals surface area contributed by atoms with Gasteiger partial charge in [-0.2, -0.15) is 0 Å². The first-order chi connectivity index (χ1) is 10.6. The second-order valence-corrected chi connectivity index (χ2v) is 6.55. The summed E-state index contributed by atoms with van der Waals surface area (Å²) in [5, 5.41) is 0. The molecule has 0 radical (unpaired) electrons. The van der Waals surface area contributed by atoms with E-state index < -0.39 is 0 Å². The number of hydrogen-bond acceptors (Lipinski definition) is 1. The van der Waals surface area contributed by atoms with Gasteiger partial charge in [-0.25, -0.2) is 0 Å². The highest BCUT2D eigenvalue weighted by Crippen LogP contribution is 2.24. The quantitative estimate of drug-likeness (QED) is 0.660. The Balaban J connectivity index is 2.05. The van der Waals surface area contributed by atoms with Crippen LogP contribution in [0.2, 0.25) is 0 Å². The number of benzene rings is 2. The highest BCUT2D eigenvalue weighted by molar-refractivity contribution is 5.67. The molecule has 0 saturated carbocycles. The van der Waals surface area contributed by atoms with Crippen molar-refractivity contribution in [2.45, 2.75) is 52.6 Å². The van der Waals surface area contributed by atoms with Crippen LogP contribution in [0.4, 0.5) is 0 Å². The molecule has 0 aliphatic heterocycles. The Kier molecular flexibility index (Phi) is 6.21. The van der Waals surface area contributed by atoms with E-state index in [1.807, 2.05) is 0 Å². The van der Waals surface area contributed by atoms with Crippen molar-refractivity contribution in [3.05, 3.63) is 60.2 Å². The van der Waals surface area contributed by atoms with Crippen LogP contribution in [-0.4, -0.2) is 23.5 Å². The van der Waals surface area contributed by atoms with E-state index in [-0.39, 0.29) is 0 Å². The van der Waals surface area contributed by atoms with Crippen LogP contribution >= 0.6 is 0 Å². The van der Waals surface area contributed by atoms with Gasteiger partial charge in [0.2, 0.25) is 0 Å². The van der Waals surface area contributed by atoms with Crippen molar-refractivity contribution < 1.29 is 0 Å². The number of rotatable bonds is 7. The van der Waals surface area contributed by atoms with Crippen LogP contribution in [0.1, 0.15) is 39.7 Å². The smallest absolute Gasteiger partial charge is 0.00412 e. The zero-order valence-electron chi connectivity index (χ0n) is 14.4. The molecular weight excluding hydrogens is 266 g/mol. The zero-order chi connectivity index (χ0) is 15.9. The van der Waals surface area contributed by atoms with Gasteiger partial charge in [0, 0.05) is 12.1 Å². The first-order valence-electron chi connectivity index (χ1n) is 8.48. The number of hydrogen-bond donors (Lipinski definition) is 0. The van der Waals surface area contributed by atoms with Gasteiger partial charge in [-0.1, -0.05) is 54.6 Å². The van der Waals surface area contributed by atoms with E-state index in [1.165, 1.54) is 29.7 Å². The molecular formula is C21H29N. The van der Waals surface area contributed by atoms with Crippen LogP contribution < -0.4 is 0 Å². The minimum absolute atomic E-state index is 0.615. The van der Waals surface area contributed by atoms with Crippen molar-refractivity contribution >= 4 is 0 Å². The van der Waals surface area contributed by atoms with Crippen molar-refractivity contribution in [3.63, 3.8) is 0 Å². The molecule has 0 aromatic heterocycles. The van der Waals surface area contributed by atoms with Crippen molar-refractivity contribution in [1.82, 2.24) is 4.90 Å².